The number of aromatic hydroxyl groups is 1. The molecule has 2 rings (SSSR count). The molecular weight excluding hydrogens is 277 g/mol. The molecule has 0 bridgehead atoms. The lowest BCUT2D eigenvalue weighted by atomic mass is 10.1. The molecule has 0 radical (unpaired) electrons. The molecule has 1 atom stereocenters. The highest BCUT2D eigenvalue weighted by molar-refractivity contribution is 5.32. The van der Waals surface area contributed by atoms with Gasteiger partial charge in [-0.25, -0.2) is 9.67 Å². The maximum absolute atomic E-state index is 13.1. The summed E-state index contributed by atoms with van der Waals surface area (Å²) in [6.07, 6.45) is -1.71. The summed E-state index contributed by atoms with van der Waals surface area (Å²) in [4.78, 5) is 17.8. The Bertz CT molecular complexity index is 649. The maximum atomic E-state index is 13.1. The SMILES string of the molecule is CCc1[nH]cc(C(n2cncn2)C(F)(F)F)c(=O)c1O. The summed E-state index contributed by atoms with van der Waals surface area (Å²) in [5, 5.41) is 13.1. The van der Waals surface area contributed by atoms with Crippen LogP contribution in [0.2, 0.25) is 0 Å². The smallest absolute Gasteiger partial charge is 0.415 e. The number of hydrogen-bond acceptors (Lipinski definition) is 4. The first-order chi connectivity index (χ1) is 9.36. The molecular formula is C11H11F3N4O2. The molecule has 2 N–H and O–H groups in total. The molecule has 0 spiro atoms. The van der Waals surface area contributed by atoms with Gasteiger partial charge in [-0.15, -0.1) is 0 Å². The van der Waals surface area contributed by atoms with Crippen molar-refractivity contribution in [2.75, 3.05) is 0 Å². The van der Waals surface area contributed by atoms with Crippen LogP contribution in [0.25, 0.3) is 0 Å². The Morgan fingerprint density at radius 3 is 2.70 bits per heavy atom. The van der Waals surface area contributed by atoms with Gasteiger partial charge in [0.25, 0.3) is 0 Å². The van der Waals surface area contributed by atoms with Gasteiger partial charge in [-0.05, 0) is 6.42 Å². The molecule has 0 amide bonds. The Hall–Kier alpha value is -2.32. The molecule has 0 saturated carbocycles. The quantitative estimate of drug-likeness (QED) is 0.894. The summed E-state index contributed by atoms with van der Waals surface area (Å²) in [6, 6.07) is -2.30. The molecule has 2 aromatic heterocycles. The predicted molar refractivity (Wildman–Crippen MR) is 62.3 cm³/mol. The zero-order valence-corrected chi connectivity index (χ0v) is 10.3. The second-order valence-corrected chi connectivity index (χ2v) is 4.07. The van der Waals surface area contributed by atoms with Crippen LogP contribution in [-0.2, 0) is 6.42 Å². The van der Waals surface area contributed by atoms with E-state index in [1.807, 2.05) is 0 Å². The lowest BCUT2D eigenvalue weighted by Gasteiger charge is -2.20. The summed E-state index contributed by atoms with van der Waals surface area (Å²) < 4.78 is 39.9. The molecule has 0 aliphatic rings. The van der Waals surface area contributed by atoms with E-state index in [2.05, 4.69) is 15.1 Å². The van der Waals surface area contributed by atoms with E-state index >= 15 is 0 Å². The summed E-state index contributed by atoms with van der Waals surface area (Å²) >= 11 is 0. The van der Waals surface area contributed by atoms with E-state index in [4.69, 9.17) is 0 Å². The Morgan fingerprint density at radius 2 is 2.20 bits per heavy atom. The number of aromatic nitrogens is 4. The number of rotatable bonds is 3. The molecule has 1 unspecified atom stereocenters. The summed E-state index contributed by atoms with van der Waals surface area (Å²) in [6.45, 7) is 1.66. The van der Waals surface area contributed by atoms with E-state index in [1.165, 1.54) is 0 Å². The van der Waals surface area contributed by atoms with Gasteiger partial charge in [0.15, 0.2) is 11.8 Å². The molecule has 2 aromatic rings. The van der Waals surface area contributed by atoms with Crippen LogP contribution < -0.4 is 5.43 Å². The molecule has 0 aliphatic carbocycles. The highest BCUT2D eigenvalue weighted by Gasteiger charge is 2.44. The Balaban J connectivity index is 2.63. The molecule has 20 heavy (non-hydrogen) atoms. The van der Waals surface area contributed by atoms with Crippen molar-refractivity contribution < 1.29 is 18.3 Å². The van der Waals surface area contributed by atoms with Gasteiger partial charge < -0.3 is 10.1 Å². The largest absolute Gasteiger partial charge is 0.503 e. The number of nitrogens with zero attached hydrogens (tertiary/aromatic N) is 3. The third kappa shape index (κ3) is 2.38. The number of nitrogens with one attached hydrogen (secondary N) is 1. The van der Waals surface area contributed by atoms with Gasteiger partial charge in [0.05, 0.1) is 11.3 Å². The Kier molecular flexibility index (Phi) is 3.51. The van der Waals surface area contributed by atoms with Gasteiger partial charge in [0.1, 0.15) is 12.7 Å². The summed E-state index contributed by atoms with van der Waals surface area (Å²) in [5.74, 6) is -0.709. The number of aryl methyl sites for hydroxylation is 1. The molecule has 0 fully saturated rings. The van der Waals surface area contributed by atoms with Crippen LogP contribution in [-0.4, -0.2) is 31.0 Å². The van der Waals surface area contributed by atoms with E-state index in [-0.39, 0.29) is 5.69 Å². The minimum Gasteiger partial charge on any atom is -0.503 e. The van der Waals surface area contributed by atoms with Crippen LogP contribution in [0.15, 0.2) is 23.6 Å². The van der Waals surface area contributed by atoms with Crippen LogP contribution in [0.5, 0.6) is 5.75 Å². The normalized spacial score (nSPS) is 13.4. The van der Waals surface area contributed by atoms with Gasteiger partial charge in [0.2, 0.25) is 5.43 Å². The average Bonchev–Trinajstić information content (AvgIpc) is 2.87. The molecule has 0 aliphatic heterocycles. The second-order valence-electron chi connectivity index (χ2n) is 4.07. The van der Waals surface area contributed by atoms with Gasteiger partial charge in [-0.1, -0.05) is 6.92 Å². The van der Waals surface area contributed by atoms with Crippen molar-refractivity contribution in [3.63, 3.8) is 0 Å². The van der Waals surface area contributed by atoms with Crippen molar-refractivity contribution >= 4 is 0 Å². The lowest BCUT2D eigenvalue weighted by Crippen LogP contribution is -2.32. The predicted octanol–water partition coefficient (Wildman–Crippen LogP) is 1.39. The van der Waals surface area contributed by atoms with E-state index in [1.54, 1.807) is 6.92 Å². The number of alkyl halides is 3. The fourth-order valence-electron chi connectivity index (χ4n) is 1.86. The van der Waals surface area contributed by atoms with Crippen molar-refractivity contribution in [2.45, 2.75) is 25.6 Å². The Labute approximate surface area is 110 Å². The third-order valence-corrected chi connectivity index (χ3v) is 2.82. The number of H-pyrrole nitrogens is 1. The average molecular weight is 288 g/mol. The van der Waals surface area contributed by atoms with Crippen molar-refractivity contribution in [2.24, 2.45) is 0 Å². The molecule has 9 heteroatoms. The van der Waals surface area contributed by atoms with Crippen molar-refractivity contribution in [3.8, 4) is 5.75 Å². The minimum atomic E-state index is -4.75. The lowest BCUT2D eigenvalue weighted by molar-refractivity contribution is -0.159. The molecule has 0 saturated heterocycles. The van der Waals surface area contributed by atoms with E-state index < -0.39 is 29.0 Å². The van der Waals surface area contributed by atoms with Crippen LogP contribution in [0, 0.1) is 0 Å². The van der Waals surface area contributed by atoms with Gasteiger partial charge >= 0.3 is 6.18 Å². The second kappa shape index (κ2) is 4.99. The Morgan fingerprint density at radius 1 is 1.50 bits per heavy atom. The molecule has 0 aromatic carbocycles. The highest BCUT2D eigenvalue weighted by atomic mass is 19.4. The first-order valence-electron chi connectivity index (χ1n) is 5.70. The number of pyridine rings is 1. The molecule has 6 nitrogen and oxygen atoms in total. The van der Waals surface area contributed by atoms with Gasteiger partial charge in [-0.3, -0.25) is 4.79 Å². The standard InChI is InChI=1S/C11H11F3N4O2/c1-2-7-9(20)8(19)6(3-16-7)10(11(12,13)14)18-5-15-4-17-18/h3-5,10,20H,2H2,1H3,(H,16,19). The van der Waals surface area contributed by atoms with Crippen molar-refractivity contribution in [3.05, 3.63) is 40.3 Å². The first-order valence-corrected chi connectivity index (χ1v) is 5.70. The van der Waals surface area contributed by atoms with E-state index in [0.717, 1.165) is 18.9 Å². The topological polar surface area (TPSA) is 83.8 Å². The zero-order chi connectivity index (χ0) is 14.9. The van der Waals surface area contributed by atoms with E-state index in [9.17, 15) is 23.1 Å². The highest BCUT2D eigenvalue weighted by Crippen LogP contribution is 2.34. The molecule has 2 heterocycles. The number of halogens is 3. The van der Waals surface area contributed by atoms with E-state index in [0.29, 0.717) is 11.1 Å². The fourth-order valence-corrected chi connectivity index (χ4v) is 1.86. The third-order valence-electron chi connectivity index (χ3n) is 2.82. The summed E-state index contributed by atoms with van der Waals surface area (Å²) in [7, 11) is 0. The van der Waals surface area contributed by atoms with Crippen LogP contribution in [0.3, 0.4) is 0 Å². The first kappa shape index (κ1) is 14.1. The molecule has 108 valence electrons. The fraction of sp³-hybridized carbons (Fsp3) is 0.364. The van der Waals surface area contributed by atoms with Crippen LogP contribution in [0.4, 0.5) is 13.2 Å². The van der Waals surface area contributed by atoms with Gasteiger partial charge in [0, 0.05) is 6.20 Å². The maximum Gasteiger partial charge on any atom is 0.415 e. The number of aromatic amines is 1. The summed E-state index contributed by atoms with van der Waals surface area (Å²) in [5.41, 5.74) is -1.53. The zero-order valence-electron chi connectivity index (χ0n) is 10.3. The monoisotopic (exact) mass is 288 g/mol. The van der Waals surface area contributed by atoms with Crippen LogP contribution in [0.1, 0.15) is 24.2 Å². The number of hydrogen-bond donors (Lipinski definition) is 2. The van der Waals surface area contributed by atoms with Crippen molar-refractivity contribution in [1.29, 1.82) is 0 Å². The van der Waals surface area contributed by atoms with Crippen molar-refractivity contribution in [1.82, 2.24) is 19.7 Å². The minimum absolute atomic E-state index is 0.179. The van der Waals surface area contributed by atoms with Gasteiger partial charge in [-0.2, -0.15) is 18.3 Å². The van der Waals surface area contributed by atoms with Crippen LogP contribution >= 0.6 is 0 Å².